The predicted octanol–water partition coefficient (Wildman–Crippen LogP) is 9.64. The number of hydrogen-bond donors (Lipinski definition) is 1. The van der Waals surface area contributed by atoms with E-state index in [9.17, 15) is 0 Å². The van der Waals surface area contributed by atoms with Gasteiger partial charge in [0.25, 0.3) is 0 Å². The summed E-state index contributed by atoms with van der Waals surface area (Å²) in [7, 11) is -0.726. The van der Waals surface area contributed by atoms with E-state index in [1.54, 1.807) is 38.3 Å². The fraction of sp³-hybridized carbons (Fsp3) is 0.812. The molecule has 0 heterocycles. The summed E-state index contributed by atoms with van der Waals surface area (Å²) in [6, 6.07) is 10.8. The van der Waals surface area contributed by atoms with E-state index in [0.717, 1.165) is 24.3 Å². The first kappa shape index (κ1) is 28.2. The van der Waals surface area contributed by atoms with Gasteiger partial charge in [-0.05, 0) is 95.7 Å². The molecular weight excluding hydrogens is 429 g/mol. The first-order valence-electron chi connectivity index (χ1n) is 15.4. The van der Waals surface area contributed by atoms with Crippen molar-refractivity contribution in [2.24, 2.45) is 0 Å². The van der Waals surface area contributed by atoms with Gasteiger partial charge < -0.3 is 5.32 Å². The van der Waals surface area contributed by atoms with Crippen molar-refractivity contribution in [2.75, 3.05) is 25.9 Å². The lowest BCUT2D eigenvalue weighted by Gasteiger charge is -2.41. The molecule has 2 fully saturated rings. The molecule has 0 radical (unpaired) electrons. The molecule has 1 N–H and O–H groups in total. The molecular formula is C32H57NP+. The van der Waals surface area contributed by atoms with Gasteiger partial charge in [-0.15, -0.1) is 0 Å². The summed E-state index contributed by atoms with van der Waals surface area (Å²) in [6.07, 6.45) is 31.5. The minimum absolute atomic E-state index is 0.726. The van der Waals surface area contributed by atoms with Gasteiger partial charge in [-0.3, -0.25) is 0 Å². The molecule has 0 saturated heterocycles. The van der Waals surface area contributed by atoms with Gasteiger partial charge in [-0.25, -0.2) is 0 Å². The van der Waals surface area contributed by atoms with Gasteiger partial charge in [-0.1, -0.05) is 81.7 Å². The number of unbranched alkanes of at least 4 members (excludes halogenated alkanes) is 8. The highest BCUT2D eigenvalue weighted by atomic mass is 31.2. The fourth-order valence-electron chi connectivity index (χ4n) is 6.95. The Labute approximate surface area is 214 Å². The number of rotatable bonds is 17. The summed E-state index contributed by atoms with van der Waals surface area (Å²) in [4.78, 5) is 0. The molecule has 34 heavy (non-hydrogen) atoms. The molecule has 0 bridgehead atoms. The van der Waals surface area contributed by atoms with Crippen LogP contribution in [0.25, 0.3) is 0 Å². The van der Waals surface area contributed by atoms with E-state index in [4.69, 9.17) is 0 Å². The lowest BCUT2D eigenvalue weighted by molar-refractivity contribution is 0.477. The second kappa shape index (κ2) is 17.1. The van der Waals surface area contributed by atoms with Crippen molar-refractivity contribution in [3.8, 4) is 0 Å². The fourth-order valence-corrected chi connectivity index (χ4v) is 12.3. The lowest BCUT2D eigenvalue weighted by atomic mass is 9.99. The van der Waals surface area contributed by atoms with Crippen molar-refractivity contribution in [2.45, 2.75) is 140 Å². The van der Waals surface area contributed by atoms with Gasteiger partial charge in [-0.2, -0.15) is 0 Å². The Morgan fingerprint density at radius 2 is 1.12 bits per heavy atom. The van der Waals surface area contributed by atoms with Crippen LogP contribution in [0.5, 0.6) is 0 Å². The van der Waals surface area contributed by atoms with Crippen molar-refractivity contribution in [1.29, 1.82) is 0 Å². The SMILES string of the molecule is C[P+](CCCCCCCCCCCNCCc1ccccc1)(C1CCCCC1)C1CCCCC1. The molecule has 0 aliphatic heterocycles. The molecule has 1 nitrogen and oxygen atoms in total. The van der Waals surface area contributed by atoms with Crippen LogP contribution in [0.1, 0.15) is 128 Å². The van der Waals surface area contributed by atoms with Crippen molar-refractivity contribution >= 4 is 7.26 Å². The van der Waals surface area contributed by atoms with Gasteiger partial charge in [0.2, 0.25) is 0 Å². The Morgan fingerprint density at radius 1 is 0.618 bits per heavy atom. The van der Waals surface area contributed by atoms with E-state index in [0.29, 0.717) is 0 Å². The largest absolute Gasteiger partial charge is 0.316 e. The molecule has 3 rings (SSSR count). The highest BCUT2D eigenvalue weighted by Crippen LogP contribution is 2.70. The van der Waals surface area contributed by atoms with E-state index in [1.807, 2.05) is 0 Å². The third-order valence-electron chi connectivity index (χ3n) is 9.24. The topological polar surface area (TPSA) is 12.0 Å². The average molecular weight is 487 g/mol. The molecule has 194 valence electrons. The maximum atomic E-state index is 3.62. The maximum Gasteiger partial charge on any atom is 0.0697 e. The Balaban J connectivity index is 1.16. The number of hydrogen-bond acceptors (Lipinski definition) is 1. The van der Waals surface area contributed by atoms with Gasteiger partial charge in [0.05, 0.1) is 17.5 Å². The second-order valence-corrected chi connectivity index (χ2v) is 16.4. The van der Waals surface area contributed by atoms with Crippen molar-refractivity contribution in [3.05, 3.63) is 35.9 Å². The van der Waals surface area contributed by atoms with Gasteiger partial charge in [0.15, 0.2) is 0 Å². The molecule has 2 saturated carbocycles. The highest BCUT2D eigenvalue weighted by Gasteiger charge is 2.47. The van der Waals surface area contributed by atoms with Crippen LogP contribution in [0.15, 0.2) is 30.3 Å². The van der Waals surface area contributed by atoms with Crippen molar-refractivity contribution in [1.82, 2.24) is 5.32 Å². The molecule has 2 aliphatic rings. The number of benzene rings is 1. The molecule has 0 unspecified atom stereocenters. The van der Waals surface area contributed by atoms with Crippen LogP contribution in [0, 0.1) is 0 Å². The van der Waals surface area contributed by atoms with Gasteiger partial charge >= 0.3 is 0 Å². The summed E-state index contributed by atoms with van der Waals surface area (Å²) in [5, 5.41) is 3.62. The van der Waals surface area contributed by atoms with Crippen molar-refractivity contribution in [3.63, 3.8) is 0 Å². The first-order valence-corrected chi connectivity index (χ1v) is 17.9. The van der Waals surface area contributed by atoms with E-state index >= 15 is 0 Å². The molecule has 0 aromatic heterocycles. The Kier molecular flexibility index (Phi) is 14.2. The Hall–Kier alpha value is -0.390. The van der Waals surface area contributed by atoms with Crippen LogP contribution in [0.2, 0.25) is 0 Å². The first-order chi connectivity index (χ1) is 16.8. The van der Waals surface area contributed by atoms with Crippen LogP contribution >= 0.6 is 7.26 Å². The third-order valence-corrected chi connectivity index (χ3v) is 14.9. The van der Waals surface area contributed by atoms with Crippen LogP contribution in [0.3, 0.4) is 0 Å². The molecule has 2 aliphatic carbocycles. The highest BCUT2D eigenvalue weighted by molar-refractivity contribution is 7.76. The summed E-state index contributed by atoms with van der Waals surface area (Å²) in [5.74, 6) is 0. The predicted molar refractivity (Wildman–Crippen MR) is 156 cm³/mol. The van der Waals surface area contributed by atoms with E-state index in [1.165, 1.54) is 102 Å². The maximum absolute atomic E-state index is 3.62. The molecule has 2 heteroatoms. The standard InChI is InChI=1S/C32H57NP/c1-34(31-22-14-10-15-23-31,32-24-16-11-17-25-32)29-19-8-6-4-2-3-5-7-18-27-33-28-26-30-20-12-9-13-21-30/h9,12-13,20-21,31-33H,2-8,10-11,14-19,22-29H2,1H3/q+1. The van der Waals surface area contributed by atoms with Crippen LogP contribution in [-0.2, 0) is 6.42 Å². The Bertz CT molecular complexity index is 585. The second-order valence-electron chi connectivity index (χ2n) is 11.8. The summed E-state index contributed by atoms with van der Waals surface area (Å²) >= 11 is 0. The quantitative estimate of drug-likeness (QED) is 0.171. The molecule has 0 amide bonds. The van der Waals surface area contributed by atoms with Gasteiger partial charge in [0, 0.05) is 13.9 Å². The molecule has 0 spiro atoms. The van der Waals surface area contributed by atoms with Crippen LogP contribution in [-0.4, -0.2) is 37.2 Å². The van der Waals surface area contributed by atoms with E-state index in [2.05, 4.69) is 42.3 Å². The van der Waals surface area contributed by atoms with Gasteiger partial charge in [0.1, 0.15) is 0 Å². The van der Waals surface area contributed by atoms with E-state index < -0.39 is 7.26 Å². The molecule has 1 aromatic rings. The van der Waals surface area contributed by atoms with E-state index in [-0.39, 0.29) is 0 Å². The number of nitrogens with one attached hydrogen (secondary N) is 1. The van der Waals surface area contributed by atoms with Crippen molar-refractivity contribution < 1.29 is 0 Å². The smallest absolute Gasteiger partial charge is 0.0697 e. The zero-order valence-corrected chi connectivity index (χ0v) is 23.6. The summed E-state index contributed by atoms with van der Waals surface area (Å²) in [5.41, 5.74) is 3.75. The summed E-state index contributed by atoms with van der Waals surface area (Å²) < 4.78 is 0. The van der Waals surface area contributed by atoms with Crippen LogP contribution < -0.4 is 5.32 Å². The lowest BCUT2D eigenvalue weighted by Crippen LogP contribution is -2.29. The summed E-state index contributed by atoms with van der Waals surface area (Å²) in [6.45, 7) is 5.15. The monoisotopic (exact) mass is 486 g/mol. The van der Waals surface area contributed by atoms with Crippen LogP contribution in [0.4, 0.5) is 0 Å². The molecule has 1 aromatic carbocycles. The average Bonchev–Trinajstić information content (AvgIpc) is 2.90. The minimum Gasteiger partial charge on any atom is -0.316 e. The molecule has 0 atom stereocenters. The normalized spacial score (nSPS) is 18.4. The zero-order valence-electron chi connectivity index (χ0n) is 22.8. The Morgan fingerprint density at radius 3 is 1.68 bits per heavy atom. The zero-order chi connectivity index (χ0) is 23.7. The third kappa shape index (κ3) is 10.3. The minimum atomic E-state index is -0.726.